The maximum absolute atomic E-state index is 7.49. The third-order valence-corrected chi connectivity index (χ3v) is 12.8. The summed E-state index contributed by atoms with van der Waals surface area (Å²) in [5.74, 6) is 3.59. The fraction of sp³-hybridized carbons (Fsp3) is 0.204. The first-order valence-corrected chi connectivity index (χ1v) is 22.4. The minimum atomic E-state index is -2.55. The second-order valence-corrected chi connectivity index (χ2v) is 16.6. The van der Waals surface area contributed by atoms with Gasteiger partial charge in [-0.15, -0.1) is 0 Å². The molecule has 0 fully saturated rings. The molecule has 7 aromatic rings. The maximum Gasteiger partial charge on any atom is 0.486 e. The van der Waals surface area contributed by atoms with E-state index in [9.17, 15) is 0 Å². The molecule has 0 amide bonds. The minimum absolute atomic E-state index is 0. The Balaban J connectivity index is 0.000000547. The van der Waals surface area contributed by atoms with Crippen molar-refractivity contribution < 1.29 is 47.9 Å². The number of benzene rings is 7. The summed E-state index contributed by atoms with van der Waals surface area (Å²) in [5.41, 5.74) is 4.05. The molecular formula is C54H49IrNO6P-. The van der Waals surface area contributed by atoms with Crippen LogP contribution in [-0.4, -0.2) is 38.4 Å². The number of fused-ring (bicyclic) bond motifs is 7. The monoisotopic (exact) mass is 1030 g/mol. The molecule has 0 unspecified atom stereocenters. The summed E-state index contributed by atoms with van der Waals surface area (Å²) in [5, 5.41) is 4.41. The van der Waals surface area contributed by atoms with Gasteiger partial charge in [-0.1, -0.05) is 116 Å². The zero-order valence-corrected chi connectivity index (χ0v) is 38.7. The summed E-state index contributed by atoms with van der Waals surface area (Å²) in [4.78, 5) is 5.28. The molecule has 0 saturated carbocycles. The van der Waals surface area contributed by atoms with Crippen molar-refractivity contribution in [2.75, 3.05) is 20.8 Å². The molecule has 7 nitrogen and oxygen atoms in total. The molecule has 2 aliphatic heterocycles. The van der Waals surface area contributed by atoms with Crippen molar-refractivity contribution in [2.45, 2.75) is 50.2 Å². The smallest absolute Gasteiger partial charge is 0.486 e. The predicted octanol–water partition coefficient (Wildman–Crippen LogP) is 12.8. The van der Waals surface area contributed by atoms with Gasteiger partial charge in [-0.3, -0.25) is 21.2 Å². The third kappa shape index (κ3) is 10.1. The average Bonchev–Trinajstić information content (AvgIpc) is 3.75. The summed E-state index contributed by atoms with van der Waals surface area (Å²) in [6.45, 7) is 0.328. The Labute approximate surface area is 384 Å². The SMILES string of the molecule is COc1ccc(CC(Cc2ccc(OC)cc2)(O[PH+]2Oc3ccc4ccccc4c3-c3c(ccc4ccccc34)O2)[C@@H]2COC(c3ccccc3)=N2)cc1.[C-]1=CCC[C-]=CCC1.[Ir]. The zero-order valence-electron chi connectivity index (χ0n) is 35.3. The van der Waals surface area contributed by atoms with Crippen molar-refractivity contribution in [1.29, 1.82) is 0 Å². The summed E-state index contributed by atoms with van der Waals surface area (Å²) >= 11 is 0. The number of hydrogen-bond acceptors (Lipinski definition) is 7. The van der Waals surface area contributed by atoms with Gasteiger partial charge in [0, 0.05) is 49.6 Å². The summed E-state index contributed by atoms with van der Waals surface area (Å²) in [6.07, 6.45) is 16.0. The van der Waals surface area contributed by atoms with Crippen molar-refractivity contribution in [3.05, 3.63) is 193 Å². The molecule has 0 aromatic heterocycles. The Bertz CT molecular complexity index is 2560. The number of ether oxygens (including phenoxy) is 3. The van der Waals surface area contributed by atoms with Gasteiger partial charge >= 0.3 is 8.60 Å². The fourth-order valence-electron chi connectivity index (χ4n) is 8.31. The number of aliphatic imine (C=N–C) groups is 1. The van der Waals surface area contributed by atoms with Crippen molar-refractivity contribution in [2.24, 2.45) is 4.99 Å². The van der Waals surface area contributed by atoms with Crippen LogP contribution in [-0.2, 0) is 42.2 Å². The van der Waals surface area contributed by atoms with Crippen molar-refractivity contribution >= 4 is 36.0 Å². The molecule has 7 aromatic carbocycles. The van der Waals surface area contributed by atoms with Crippen LogP contribution in [0, 0.1) is 12.2 Å². The second-order valence-electron chi connectivity index (χ2n) is 15.5. The predicted molar refractivity (Wildman–Crippen MR) is 250 cm³/mol. The maximum atomic E-state index is 7.49. The molecule has 9 heteroatoms. The van der Waals surface area contributed by atoms with Crippen LogP contribution in [0.25, 0.3) is 32.7 Å². The molecule has 63 heavy (non-hydrogen) atoms. The number of rotatable bonds is 10. The molecule has 3 aliphatic rings. The number of hydrogen-bond donors (Lipinski definition) is 0. The van der Waals surface area contributed by atoms with Crippen LogP contribution < -0.4 is 18.5 Å². The van der Waals surface area contributed by atoms with E-state index in [1.807, 2.05) is 66.7 Å². The van der Waals surface area contributed by atoms with Crippen molar-refractivity contribution in [3.63, 3.8) is 0 Å². The Kier molecular flexibility index (Phi) is 14.4. The van der Waals surface area contributed by atoms with E-state index in [1.54, 1.807) is 14.2 Å². The number of allylic oxidation sites excluding steroid dienone is 4. The first-order chi connectivity index (χ1) is 30.6. The van der Waals surface area contributed by atoms with Gasteiger partial charge < -0.3 is 26.4 Å². The van der Waals surface area contributed by atoms with E-state index in [2.05, 4.69) is 109 Å². The van der Waals surface area contributed by atoms with E-state index in [0.29, 0.717) is 25.3 Å². The van der Waals surface area contributed by atoms with E-state index in [4.69, 9.17) is 32.8 Å². The minimum Gasteiger partial charge on any atom is -0.500 e. The van der Waals surface area contributed by atoms with E-state index in [1.165, 1.54) is 0 Å². The Hall–Kier alpha value is -5.75. The first-order valence-electron chi connectivity index (χ1n) is 21.2. The van der Waals surface area contributed by atoms with Crippen LogP contribution in [0.1, 0.15) is 42.4 Å². The topological polar surface area (TPSA) is 67.7 Å². The van der Waals surface area contributed by atoms with Crippen LogP contribution in [0.4, 0.5) is 0 Å². The van der Waals surface area contributed by atoms with Gasteiger partial charge in [0.05, 0.1) is 14.2 Å². The quantitative estimate of drug-likeness (QED) is 0.100. The van der Waals surface area contributed by atoms with Gasteiger partial charge in [0.2, 0.25) is 5.90 Å². The summed E-state index contributed by atoms with van der Waals surface area (Å²) in [7, 11) is 0.796. The van der Waals surface area contributed by atoms with E-state index in [0.717, 1.165) is 98.0 Å². The third-order valence-electron chi connectivity index (χ3n) is 11.5. The van der Waals surface area contributed by atoms with E-state index >= 15 is 0 Å². The van der Waals surface area contributed by atoms with Crippen molar-refractivity contribution in [3.8, 4) is 34.1 Å². The second kappa shape index (κ2) is 20.6. The fourth-order valence-corrected chi connectivity index (χ4v) is 9.75. The molecule has 1 aliphatic carbocycles. The molecule has 1 atom stereocenters. The van der Waals surface area contributed by atoms with Gasteiger partial charge in [0.1, 0.15) is 24.1 Å². The molecule has 1 radical (unpaired) electrons. The van der Waals surface area contributed by atoms with Crippen LogP contribution in [0.3, 0.4) is 0 Å². The molecule has 0 spiro atoms. The summed E-state index contributed by atoms with van der Waals surface area (Å²) < 4.78 is 38.9. The molecule has 0 bridgehead atoms. The molecule has 321 valence electrons. The normalized spacial score (nSPS) is 15.7. The molecule has 0 saturated heterocycles. The zero-order chi connectivity index (χ0) is 42.1. The first kappa shape index (κ1) is 43.9. The van der Waals surface area contributed by atoms with Crippen LogP contribution in [0.5, 0.6) is 23.0 Å². The average molecular weight is 1030 g/mol. The molecule has 2 heterocycles. The van der Waals surface area contributed by atoms with Crippen LogP contribution in [0.2, 0.25) is 0 Å². The number of nitrogens with zero attached hydrogens (tertiary/aromatic N) is 1. The Morgan fingerprint density at radius 3 is 1.60 bits per heavy atom. The van der Waals surface area contributed by atoms with Gasteiger partial charge in [-0.05, 0) is 81.2 Å². The molecule has 0 N–H and O–H groups in total. The van der Waals surface area contributed by atoms with E-state index < -0.39 is 20.2 Å². The van der Waals surface area contributed by atoms with E-state index in [-0.39, 0.29) is 20.1 Å². The van der Waals surface area contributed by atoms with Gasteiger partial charge in [-0.2, -0.15) is 17.4 Å². The van der Waals surface area contributed by atoms with Gasteiger partial charge in [0.25, 0.3) is 0 Å². The Morgan fingerprint density at radius 2 is 1.10 bits per heavy atom. The van der Waals surface area contributed by atoms with Crippen LogP contribution >= 0.6 is 8.60 Å². The van der Waals surface area contributed by atoms with Gasteiger partial charge in [-0.25, -0.2) is 4.99 Å². The van der Waals surface area contributed by atoms with Gasteiger partial charge in [0.15, 0.2) is 17.1 Å². The summed E-state index contributed by atoms with van der Waals surface area (Å²) in [6, 6.07) is 51.0. The molecule has 10 rings (SSSR count). The molecular weight excluding hydrogens is 982 g/mol. The number of methoxy groups -OCH3 is 2. The largest absolute Gasteiger partial charge is 0.500 e. The van der Waals surface area contributed by atoms with Crippen molar-refractivity contribution in [1.82, 2.24) is 0 Å². The Morgan fingerprint density at radius 1 is 0.603 bits per heavy atom. The standard InChI is InChI=1S/C46H39NO6P.C8H10.Ir/c1-48-36-22-16-31(17-23-36)28-46(29-32-18-24-37(49-2)25-19-32,42-30-50-45(47-42)35-12-4-3-5-13-35)53-54-51-40-26-20-33-10-6-8-14-38(33)43(40)44-39-15-9-7-11-34(39)21-27-41(44)52-54;1-2-4-6-8-7-5-3-1;/h3-27,42,54H,28-30H2,1-2H3;1,8H,2,4-5,7H2;/q+1;-2;/t42-;;/m0../s1. The van der Waals surface area contributed by atoms with Crippen LogP contribution in [0.15, 0.2) is 169 Å².